The van der Waals surface area contributed by atoms with Crippen molar-refractivity contribution in [2.75, 3.05) is 0 Å². The van der Waals surface area contributed by atoms with Crippen molar-refractivity contribution in [3.63, 3.8) is 0 Å². The first kappa shape index (κ1) is 13.3. The van der Waals surface area contributed by atoms with Crippen LogP contribution in [0.15, 0.2) is 34.9 Å². The van der Waals surface area contributed by atoms with Gasteiger partial charge in [0.15, 0.2) is 0 Å². The van der Waals surface area contributed by atoms with Crippen molar-refractivity contribution in [1.82, 2.24) is 15.3 Å². The lowest BCUT2D eigenvalue weighted by molar-refractivity contribution is 0.540. The Labute approximate surface area is 116 Å². The molecule has 2 rings (SSSR count). The molecule has 0 fully saturated rings. The number of imidazole rings is 1. The van der Waals surface area contributed by atoms with Crippen LogP contribution in [0.4, 0.5) is 0 Å². The van der Waals surface area contributed by atoms with E-state index in [1.54, 1.807) is 0 Å². The molecule has 0 aliphatic heterocycles. The predicted molar refractivity (Wildman–Crippen MR) is 77.5 cm³/mol. The average Bonchev–Trinajstić information content (AvgIpc) is 2.76. The summed E-state index contributed by atoms with van der Waals surface area (Å²) >= 11 is 3.45. The molecular formula is C14H18BrN3. The summed E-state index contributed by atoms with van der Waals surface area (Å²) < 4.78 is 1.12. The molecular weight excluding hydrogens is 290 g/mol. The minimum absolute atomic E-state index is 0.440. The summed E-state index contributed by atoms with van der Waals surface area (Å²) in [4.78, 5) is 7.41. The van der Waals surface area contributed by atoms with Crippen molar-refractivity contribution in [2.24, 2.45) is 0 Å². The molecule has 0 saturated carbocycles. The molecule has 1 heterocycles. The smallest absolute Gasteiger partial charge is 0.103 e. The normalized spacial score (nSPS) is 12.6. The van der Waals surface area contributed by atoms with E-state index in [4.69, 9.17) is 0 Å². The molecule has 1 atom stereocenters. The summed E-state index contributed by atoms with van der Waals surface area (Å²) in [6.07, 6.45) is 2.91. The number of benzene rings is 1. The van der Waals surface area contributed by atoms with Crippen molar-refractivity contribution >= 4 is 15.9 Å². The molecule has 0 amide bonds. The van der Waals surface area contributed by atoms with Crippen molar-refractivity contribution in [1.29, 1.82) is 0 Å². The van der Waals surface area contributed by atoms with Crippen LogP contribution in [0.3, 0.4) is 0 Å². The molecule has 0 aliphatic carbocycles. The van der Waals surface area contributed by atoms with Gasteiger partial charge in [0.2, 0.25) is 0 Å². The first-order chi connectivity index (χ1) is 8.63. The minimum Gasteiger partial charge on any atom is -0.345 e. The Kier molecular flexibility index (Phi) is 4.55. The molecule has 0 spiro atoms. The number of aryl methyl sites for hydroxylation is 1. The molecule has 18 heavy (non-hydrogen) atoms. The molecule has 1 aromatic carbocycles. The molecule has 0 aliphatic rings. The van der Waals surface area contributed by atoms with Gasteiger partial charge in [0.25, 0.3) is 0 Å². The number of nitrogens with one attached hydrogen (secondary N) is 2. The standard InChI is InChI=1S/C14H18BrN3/c1-10(7-12-3-5-13(15)6-4-12)16-8-14-9-17-11(2)18-14/h3-6,9-10,16H,7-8H2,1-2H3,(H,17,18). The van der Waals surface area contributed by atoms with E-state index in [-0.39, 0.29) is 0 Å². The summed E-state index contributed by atoms with van der Waals surface area (Å²) in [6.45, 7) is 5.00. The second-order valence-electron chi connectivity index (χ2n) is 4.61. The van der Waals surface area contributed by atoms with Crippen LogP contribution in [0.1, 0.15) is 24.0 Å². The van der Waals surface area contributed by atoms with Gasteiger partial charge in [-0.25, -0.2) is 4.98 Å². The summed E-state index contributed by atoms with van der Waals surface area (Å²) in [6, 6.07) is 8.92. The first-order valence-corrected chi connectivity index (χ1v) is 6.91. The summed E-state index contributed by atoms with van der Waals surface area (Å²) in [5.74, 6) is 0.965. The van der Waals surface area contributed by atoms with E-state index in [2.05, 4.69) is 62.4 Å². The average molecular weight is 308 g/mol. The monoisotopic (exact) mass is 307 g/mol. The number of aromatic nitrogens is 2. The molecule has 3 nitrogen and oxygen atoms in total. The van der Waals surface area contributed by atoms with Gasteiger partial charge in [0, 0.05) is 29.0 Å². The highest BCUT2D eigenvalue weighted by Crippen LogP contribution is 2.12. The SMILES string of the molecule is Cc1ncc(CNC(C)Cc2ccc(Br)cc2)[nH]1. The van der Waals surface area contributed by atoms with Gasteiger partial charge in [-0.05, 0) is 38.0 Å². The van der Waals surface area contributed by atoms with E-state index >= 15 is 0 Å². The van der Waals surface area contributed by atoms with Crippen LogP contribution >= 0.6 is 15.9 Å². The van der Waals surface area contributed by atoms with Gasteiger partial charge in [-0.2, -0.15) is 0 Å². The third-order valence-electron chi connectivity index (χ3n) is 2.85. The summed E-state index contributed by atoms with van der Waals surface area (Å²) in [7, 11) is 0. The van der Waals surface area contributed by atoms with E-state index < -0.39 is 0 Å². The maximum atomic E-state index is 4.19. The Morgan fingerprint density at radius 1 is 1.33 bits per heavy atom. The number of H-pyrrole nitrogens is 1. The van der Waals surface area contributed by atoms with Crippen molar-refractivity contribution in [3.8, 4) is 0 Å². The molecule has 0 radical (unpaired) electrons. The summed E-state index contributed by atoms with van der Waals surface area (Å²) in [5, 5.41) is 3.49. The lowest BCUT2D eigenvalue weighted by Gasteiger charge is -2.13. The van der Waals surface area contributed by atoms with Gasteiger partial charge in [-0.3, -0.25) is 0 Å². The van der Waals surface area contributed by atoms with Crippen molar-refractivity contribution in [3.05, 3.63) is 52.0 Å². The predicted octanol–water partition coefficient (Wildman–Crippen LogP) is 3.20. The second-order valence-corrected chi connectivity index (χ2v) is 5.52. The fourth-order valence-corrected chi connectivity index (χ4v) is 2.16. The number of hydrogen-bond donors (Lipinski definition) is 2. The Balaban J connectivity index is 1.81. The molecule has 0 bridgehead atoms. The second kappa shape index (κ2) is 6.16. The maximum Gasteiger partial charge on any atom is 0.103 e. The van der Waals surface area contributed by atoms with Gasteiger partial charge in [0.1, 0.15) is 5.82 Å². The largest absolute Gasteiger partial charge is 0.345 e. The van der Waals surface area contributed by atoms with E-state index in [9.17, 15) is 0 Å². The molecule has 4 heteroatoms. The highest BCUT2D eigenvalue weighted by atomic mass is 79.9. The number of aromatic amines is 1. The van der Waals surface area contributed by atoms with Crippen LogP contribution in [0.2, 0.25) is 0 Å². The Morgan fingerprint density at radius 3 is 2.67 bits per heavy atom. The quantitative estimate of drug-likeness (QED) is 0.890. The van der Waals surface area contributed by atoms with Gasteiger partial charge < -0.3 is 10.3 Å². The zero-order chi connectivity index (χ0) is 13.0. The van der Waals surface area contributed by atoms with Crippen LogP contribution in [0.5, 0.6) is 0 Å². The third kappa shape index (κ3) is 3.96. The van der Waals surface area contributed by atoms with E-state index in [0.717, 1.165) is 29.0 Å². The number of halogens is 1. The minimum atomic E-state index is 0.440. The van der Waals surface area contributed by atoms with Crippen molar-refractivity contribution in [2.45, 2.75) is 32.9 Å². The number of hydrogen-bond acceptors (Lipinski definition) is 2. The molecule has 1 unspecified atom stereocenters. The Hall–Kier alpha value is -1.13. The van der Waals surface area contributed by atoms with Gasteiger partial charge in [0.05, 0.1) is 0 Å². The fraction of sp³-hybridized carbons (Fsp3) is 0.357. The van der Waals surface area contributed by atoms with Crippen molar-refractivity contribution < 1.29 is 0 Å². The van der Waals surface area contributed by atoms with E-state index in [1.165, 1.54) is 5.56 Å². The van der Waals surface area contributed by atoms with E-state index in [1.807, 2.05) is 13.1 Å². The molecule has 2 aromatic rings. The Bertz CT molecular complexity index is 490. The number of nitrogens with zero attached hydrogens (tertiary/aromatic N) is 1. The fourth-order valence-electron chi connectivity index (χ4n) is 1.89. The lowest BCUT2D eigenvalue weighted by atomic mass is 10.1. The third-order valence-corrected chi connectivity index (χ3v) is 3.38. The summed E-state index contributed by atoms with van der Waals surface area (Å²) in [5.41, 5.74) is 2.48. The maximum absolute atomic E-state index is 4.19. The van der Waals surface area contributed by atoms with Crippen LogP contribution in [-0.2, 0) is 13.0 Å². The zero-order valence-corrected chi connectivity index (χ0v) is 12.3. The number of rotatable bonds is 5. The molecule has 1 aromatic heterocycles. The molecule has 96 valence electrons. The lowest BCUT2D eigenvalue weighted by Crippen LogP contribution is -2.27. The topological polar surface area (TPSA) is 40.7 Å². The Morgan fingerprint density at radius 2 is 2.06 bits per heavy atom. The van der Waals surface area contributed by atoms with E-state index in [0.29, 0.717) is 6.04 Å². The first-order valence-electron chi connectivity index (χ1n) is 6.12. The van der Waals surface area contributed by atoms with Crippen LogP contribution in [0, 0.1) is 6.92 Å². The van der Waals surface area contributed by atoms with Crippen LogP contribution in [-0.4, -0.2) is 16.0 Å². The highest BCUT2D eigenvalue weighted by molar-refractivity contribution is 9.10. The van der Waals surface area contributed by atoms with Crippen LogP contribution < -0.4 is 5.32 Å². The van der Waals surface area contributed by atoms with Gasteiger partial charge in [-0.1, -0.05) is 28.1 Å². The zero-order valence-electron chi connectivity index (χ0n) is 10.7. The van der Waals surface area contributed by atoms with Gasteiger partial charge in [-0.15, -0.1) is 0 Å². The van der Waals surface area contributed by atoms with Gasteiger partial charge >= 0.3 is 0 Å². The van der Waals surface area contributed by atoms with Crippen LogP contribution in [0.25, 0.3) is 0 Å². The molecule has 0 saturated heterocycles. The highest BCUT2D eigenvalue weighted by Gasteiger charge is 2.04. The molecule has 2 N–H and O–H groups in total.